The molecule has 3 N–H and O–H groups in total. The molecule has 2 saturated carbocycles. The zero-order chi connectivity index (χ0) is 44.7. The summed E-state index contributed by atoms with van der Waals surface area (Å²) in [4.78, 5) is 47.3. The number of unbranched alkanes of at least 4 members (excludes halogenated alkanes) is 1. The number of nitrogens with zero attached hydrogens (tertiary/aromatic N) is 2. The van der Waals surface area contributed by atoms with Gasteiger partial charge in [0.15, 0.2) is 11.6 Å². The molecule has 3 aromatic rings. The van der Waals surface area contributed by atoms with Crippen molar-refractivity contribution in [1.29, 1.82) is 0 Å². The highest BCUT2D eigenvalue weighted by Gasteiger charge is 2.56. The van der Waals surface area contributed by atoms with Gasteiger partial charge in [0, 0.05) is 38.3 Å². The molecule has 0 spiro atoms. The number of fused-ring (bicyclic) bond motifs is 5. The lowest BCUT2D eigenvalue weighted by Gasteiger charge is -2.53. The molecule has 4 aliphatic rings. The number of ketones is 2. The minimum atomic E-state index is -0.782. The van der Waals surface area contributed by atoms with Crippen molar-refractivity contribution in [2.45, 2.75) is 129 Å². The molecule has 0 unspecified atom stereocenters. The highest BCUT2D eigenvalue weighted by molar-refractivity contribution is 7.13. The summed E-state index contributed by atoms with van der Waals surface area (Å²) in [6, 6.07) is 13.4. The Hall–Kier alpha value is -3.52. The van der Waals surface area contributed by atoms with Crippen molar-refractivity contribution in [2.24, 2.45) is 35.0 Å². The number of rotatable bonds is 22. The molecule has 7 rings (SSSR count). The first-order chi connectivity index (χ1) is 30.3. The molecule has 2 heterocycles. The van der Waals surface area contributed by atoms with Gasteiger partial charge in [-0.15, -0.1) is 11.3 Å². The molecule has 11 nitrogen and oxygen atoms in total. The summed E-state index contributed by atoms with van der Waals surface area (Å²) in [6.07, 6.45) is 8.37. The van der Waals surface area contributed by atoms with Gasteiger partial charge in [0.25, 0.3) is 0 Å². The summed E-state index contributed by atoms with van der Waals surface area (Å²) in [5.74, 6) is 1.23. The minimum Gasteiger partial charge on any atom is -0.508 e. The maximum Gasteiger partial charge on any atom is 0.227 e. The first-order valence-corrected chi connectivity index (χ1v) is 24.5. The molecule has 1 amide bonds. The number of likely N-dealkylation sites (tertiary alicyclic amines) is 1. The molecule has 2 aromatic carbocycles. The number of amides is 1. The summed E-state index contributed by atoms with van der Waals surface area (Å²) in [7, 11) is 0. The topological polar surface area (TPSA) is 156 Å². The molecule has 344 valence electrons. The van der Waals surface area contributed by atoms with Crippen molar-refractivity contribution < 1.29 is 43.9 Å². The highest BCUT2D eigenvalue weighted by Crippen LogP contribution is 2.62. The number of ether oxygens (including phenoxy) is 3. The monoisotopic (exact) mass is 886 g/mol. The molecule has 0 bridgehead atoms. The first kappa shape index (κ1) is 47.4. The summed E-state index contributed by atoms with van der Waals surface area (Å²) in [5.41, 5.74) is 7.68. The van der Waals surface area contributed by atoms with Crippen LogP contribution in [0.3, 0.4) is 0 Å². The fraction of sp³-hybridized carbons (Fsp3) is 0.647. The number of aryl methyl sites for hydroxylation is 2. The van der Waals surface area contributed by atoms with Crippen molar-refractivity contribution >= 4 is 28.8 Å². The number of hydrogen-bond donors (Lipinski definition) is 3. The molecule has 12 heteroatoms. The number of aliphatic hydroxyl groups is 2. The number of carbonyl (C=O) groups excluding carboxylic acids is 3. The zero-order valence-electron chi connectivity index (χ0n) is 37.8. The standard InChI is InChI=1S/C51H70N2O9S/c1-32(2)43(50(59)53-29-39(55)28-45(53)46(57)16-10-34-8-11-35(12-9-34)49-33(3)52-31-63-49)27-40(56)30-62-24-23-61-22-21-60-20-6-5-7-36-25-37-26-38(54)13-14-41(37)42-18-19-51(4)44(48(36)42)15-17-47(51)58/h8-9,11-14,26,31-32,36,39,42-45,47-48,54-55,58H,5-7,10,15-25,27-30H2,1-4H3/t36-,39-,42-,43+,44+,45+,47+,48-,51+/m1/s1. The summed E-state index contributed by atoms with van der Waals surface area (Å²) in [6.45, 7) is 10.2. The quantitative estimate of drug-likeness (QED) is 0.0849. The number of phenols is 1. The van der Waals surface area contributed by atoms with Crippen LogP contribution in [0, 0.1) is 41.9 Å². The fourth-order valence-corrected chi connectivity index (χ4v) is 12.4. The van der Waals surface area contributed by atoms with Gasteiger partial charge in [-0.05, 0) is 128 Å². The number of thiazole rings is 1. The number of Topliss-reactive ketones (excluding diaryl/α,β-unsaturated/α-hetero) is 2. The van der Waals surface area contributed by atoms with Crippen molar-refractivity contribution in [3.05, 3.63) is 70.4 Å². The van der Waals surface area contributed by atoms with E-state index in [0.717, 1.165) is 73.1 Å². The third-order valence-electron chi connectivity index (χ3n) is 15.1. The van der Waals surface area contributed by atoms with Crippen LogP contribution in [0.5, 0.6) is 5.75 Å². The number of hydrogen-bond acceptors (Lipinski definition) is 11. The molecule has 9 atom stereocenters. The van der Waals surface area contributed by atoms with Crippen molar-refractivity contribution in [1.82, 2.24) is 9.88 Å². The van der Waals surface area contributed by atoms with E-state index in [2.05, 4.69) is 18.0 Å². The molecule has 0 radical (unpaired) electrons. The molecule has 3 aliphatic carbocycles. The molecule has 1 aliphatic heterocycles. The smallest absolute Gasteiger partial charge is 0.227 e. The van der Waals surface area contributed by atoms with Crippen LogP contribution in [-0.4, -0.2) is 107 Å². The molecule has 3 fully saturated rings. The van der Waals surface area contributed by atoms with Crippen LogP contribution >= 0.6 is 11.3 Å². The Kier molecular flexibility index (Phi) is 16.3. The molecular formula is C51H70N2O9S. The first-order valence-electron chi connectivity index (χ1n) is 23.6. The predicted octanol–water partition coefficient (Wildman–Crippen LogP) is 7.88. The molecule has 1 saturated heterocycles. The SMILES string of the molecule is Cc1ncsc1-c1ccc(CCC(=O)[C@@H]2C[C@@H](O)CN2C(=O)[C@@H](CC(=O)COCCOCCOCCCC[C@@H]2Cc3cc(O)ccc3[C@H]3CC[C@]4(C)[C@@H](O)CC[C@H]4[C@H]23)C(C)C)cc1. The van der Waals surface area contributed by atoms with Gasteiger partial charge in [0.2, 0.25) is 5.91 Å². The van der Waals surface area contributed by atoms with Gasteiger partial charge >= 0.3 is 0 Å². The normalized spacial score (nSPS) is 27.0. The van der Waals surface area contributed by atoms with E-state index in [9.17, 15) is 29.7 Å². The lowest BCUT2D eigenvalue weighted by Crippen LogP contribution is -2.47. The number of carbonyl (C=O) groups is 3. The van der Waals surface area contributed by atoms with Crippen LogP contribution in [0.1, 0.15) is 113 Å². The van der Waals surface area contributed by atoms with E-state index in [-0.39, 0.29) is 73.9 Å². The second-order valence-corrected chi connectivity index (χ2v) is 20.3. The summed E-state index contributed by atoms with van der Waals surface area (Å²) >= 11 is 1.60. The largest absolute Gasteiger partial charge is 0.508 e. The number of benzene rings is 2. The third-order valence-corrected chi connectivity index (χ3v) is 16.1. The Morgan fingerprint density at radius 3 is 2.43 bits per heavy atom. The minimum absolute atomic E-state index is 0.00619. The Balaban J connectivity index is 0.764. The Labute approximate surface area is 377 Å². The van der Waals surface area contributed by atoms with Gasteiger partial charge in [-0.1, -0.05) is 57.5 Å². The van der Waals surface area contributed by atoms with Crippen molar-refractivity contribution in [2.75, 3.05) is 46.2 Å². The van der Waals surface area contributed by atoms with Crippen LogP contribution in [0.25, 0.3) is 10.4 Å². The Bertz CT molecular complexity index is 2000. The predicted molar refractivity (Wildman–Crippen MR) is 244 cm³/mol. The van der Waals surface area contributed by atoms with E-state index in [1.54, 1.807) is 11.3 Å². The van der Waals surface area contributed by atoms with Crippen LogP contribution in [-0.2, 0) is 41.4 Å². The highest BCUT2D eigenvalue weighted by atomic mass is 32.1. The van der Waals surface area contributed by atoms with Crippen LogP contribution < -0.4 is 0 Å². The van der Waals surface area contributed by atoms with Gasteiger partial charge in [-0.3, -0.25) is 14.4 Å². The number of β-amino-alcohol motifs (C(OH)–C–C–N with tert-alkyl or cyclic N) is 1. The number of phenolic OH excluding ortho intramolecular Hbond substituents is 1. The molecule has 1 aromatic heterocycles. The maximum atomic E-state index is 13.8. The third kappa shape index (κ3) is 11.3. The van der Waals surface area contributed by atoms with Crippen LogP contribution in [0.2, 0.25) is 0 Å². The van der Waals surface area contributed by atoms with Crippen LogP contribution in [0.4, 0.5) is 0 Å². The lowest BCUT2D eigenvalue weighted by molar-refractivity contribution is -0.144. The Morgan fingerprint density at radius 1 is 0.952 bits per heavy atom. The summed E-state index contributed by atoms with van der Waals surface area (Å²) in [5, 5.41) is 31.8. The zero-order valence-corrected chi connectivity index (χ0v) is 38.7. The van der Waals surface area contributed by atoms with E-state index < -0.39 is 18.1 Å². The number of aromatic hydroxyl groups is 1. The molecule has 63 heavy (non-hydrogen) atoms. The van der Waals surface area contributed by atoms with Crippen molar-refractivity contribution in [3.8, 4) is 16.2 Å². The van der Waals surface area contributed by atoms with E-state index in [4.69, 9.17) is 14.2 Å². The maximum absolute atomic E-state index is 13.8. The summed E-state index contributed by atoms with van der Waals surface area (Å²) < 4.78 is 17.2. The second kappa shape index (κ2) is 21.6. The van der Waals surface area contributed by atoms with Gasteiger partial charge in [-0.2, -0.15) is 0 Å². The van der Waals surface area contributed by atoms with E-state index in [1.165, 1.54) is 16.0 Å². The van der Waals surface area contributed by atoms with E-state index in [0.29, 0.717) is 62.3 Å². The van der Waals surface area contributed by atoms with Crippen LogP contribution in [0.15, 0.2) is 48.0 Å². The number of aliphatic hydroxyl groups excluding tert-OH is 2. The van der Waals surface area contributed by atoms with E-state index in [1.807, 2.05) is 62.7 Å². The van der Waals surface area contributed by atoms with Gasteiger partial charge < -0.3 is 34.4 Å². The van der Waals surface area contributed by atoms with Gasteiger partial charge in [0.05, 0.1) is 60.8 Å². The van der Waals surface area contributed by atoms with Crippen molar-refractivity contribution in [3.63, 3.8) is 0 Å². The lowest BCUT2D eigenvalue weighted by atomic mass is 9.52. The number of aromatic nitrogens is 1. The fourth-order valence-electron chi connectivity index (χ4n) is 11.6. The van der Waals surface area contributed by atoms with Gasteiger partial charge in [-0.25, -0.2) is 4.98 Å². The van der Waals surface area contributed by atoms with Gasteiger partial charge in [0.1, 0.15) is 12.4 Å². The average Bonchev–Trinajstić information content (AvgIpc) is 3.97. The Morgan fingerprint density at radius 2 is 1.70 bits per heavy atom. The second-order valence-electron chi connectivity index (χ2n) is 19.5. The molecular weight excluding hydrogens is 817 g/mol. The average molecular weight is 887 g/mol. The van der Waals surface area contributed by atoms with E-state index >= 15 is 0 Å².